The van der Waals surface area contributed by atoms with Gasteiger partial charge < -0.3 is 9.47 Å². The Morgan fingerprint density at radius 3 is 3.26 bits per heavy atom. The maximum Gasteiger partial charge on any atom is 0.126 e. The van der Waals surface area contributed by atoms with Crippen molar-refractivity contribution in [3.8, 4) is 5.75 Å². The Kier molecular flexibility index (Phi) is 3.85. The zero-order valence-corrected chi connectivity index (χ0v) is 11.5. The van der Waals surface area contributed by atoms with Crippen molar-refractivity contribution < 1.29 is 9.47 Å². The summed E-state index contributed by atoms with van der Waals surface area (Å²) in [7, 11) is 0. The van der Waals surface area contributed by atoms with Crippen LogP contribution in [0.5, 0.6) is 5.75 Å². The number of nitrogens with zero attached hydrogens (tertiary/aromatic N) is 1. The molecular weight excluding hydrogens is 238 g/mol. The molecule has 1 unspecified atom stereocenters. The molecule has 3 rings (SSSR count). The lowest BCUT2D eigenvalue weighted by atomic mass is 10.1. The van der Waals surface area contributed by atoms with Crippen molar-refractivity contribution in [1.29, 1.82) is 0 Å². The van der Waals surface area contributed by atoms with Crippen LogP contribution in [-0.2, 0) is 11.2 Å². The summed E-state index contributed by atoms with van der Waals surface area (Å²) >= 11 is 0. The Labute approximate surface area is 114 Å². The van der Waals surface area contributed by atoms with Gasteiger partial charge in [-0.05, 0) is 24.6 Å². The molecule has 0 spiro atoms. The number of ether oxygens (including phenoxy) is 2. The molecule has 1 fully saturated rings. The van der Waals surface area contributed by atoms with Crippen molar-refractivity contribution in [3.05, 3.63) is 35.4 Å². The van der Waals surface area contributed by atoms with Gasteiger partial charge in [-0.15, -0.1) is 0 Å². The molecule has 1 aromatic carbocycles. The van der Waals surface area contributed by atoms with Crippen LogP contribution >= 0.6 is 0 Å². The average Bonchev–Trinajstić information content (AvgIpc) is 2.94. The molecule has 19 heavy (non-hydrogen) atoms. The summed E-state index contributed by atoms with van der Waals surface area (Å²) < 4.78 is 11.7. The third-order valence-electron chi connectivity index (χ3n) is 3.87. The van der Waals surface area contributed by atoms with Crippen LogP contribution in [0.15, 0.2) is 24.3 Å². The lowest BCUT2D eigenvalue weighted by molar-refractivity contribution is -0.0464. The maximum atomic E-state index is 5.98. The van der Waals surface area contributed by atoms with Gasteiger partial charge in [0.25, 0.3) is 0 Å². The highest BCUT2D eigenvalue weighted by molar-refractivity contribution is 5.66. The minimum atomic E-state index is 0.190. The Bertz CT molecular complexity index is 470. The number of benzene rings is 1. The van der Waals surface area contributed by atoms with Crippen LogP contribution in [0.4, 0.5) is 0 Å². The van der Waals surface area contributed by atoms with E-state index in [1.54, 1.807) is 0 Å². The number of fused-ring (bicyclic) bond motifs is 1. The number of hydrogen-bond acceptors (Lipinski definition) is 3. The van der Waals surface area contributed by atoms with Crippen molar-refractivity contribution in [2.45, 2.75) is 19.4 Å². The van der Waals surface area contributed by atoms with E-state index in [2.05, 4.69) is 42.2 Å². The maximum absolute atomic E-state index is 5.98. The second-order valence-electron chi connectivity index (χ2n) is 5.13. The fourth-order valence-corrected chi connectivity index (χ4v) is 2.74. The van der Waals surface area contributed by atoms with E-state index in [1.165, 1.54) is 11.1 Å². The van der Waals surface area contributed by atoms with Crippen molar-refractivity contribution in [3.63, 3.8) is 0 Å². The van der Waals surface area contributed by atoms with Crippen LogP contribution < -0.4 is 4.74 Å². The van der Waals surface area contributed by atoms with Crippen LogP contribution in [-0.4, -0.2) is 43.9 Å². The number of rotatable bonds is 4. The summed E-state index contributed by atoms with van der Waals surface area (Å²) in [5.41, 5.74) is 2.60. The van der Waals surface area contributed by atoms with Crippen molar-refractivity contribution >= 4 is 6.08 Å². The molecule has 1 aromatic rings. The van der Waals surface area contributed by atoms with Gasteiger partial charge >= 0.3 is 0 Å². The first-order valence-corrected chi connectivity index (χ1v) is 7.12. The van der Waals surface area contributed by atoms with Gasteiger partial charge in [0.05, 0.1) is 6.61 Å². The number of hydrogen-bond donors (Lipinski definition) is 0. The van der Waals surface area contributed by atoms with Gasteiger partial charge in [0.15, 0.2) is 0 Å². The normalized spacial score (nSPS) is 22.5. The van der Waals surface area contributed by atoms with E-state index in [4.69, 9.17) is 9.47 Å². The number of morpholine rings is 1. The van der Waals surface area contributed by atoms with E-state index < -0.39 is 0 Å². The van der Waals surface area contributed by atoms with Gasteiger partial charge in [-0.1, -0.05) is 31.2 Å². The third-order valence-corrected chi connectivity index (χ3v) is 3.87. The predicted molar refractivity (Wildman–Crippen MR) is 76.5 cm³/mol. The van der Waals surface area contributed by atoms with Crippen LogP contribution in [0.2, 0.25) is 0 Å². The first kappa shape index (κ1) is 12.7. The molecule has 0 radical (unpaired) electrons. The molecule has 1 heterocycles. The van der Waals surface area contributed by atoms with E-state index in [-0.39, 0.29) is 6.10 Å². The van der Waals surface area contributed by atoms with E-state index in [0.717, 1.165) is 38.4 Å². The van der Waals surface area contributed by atoms with Gasteiger partial charge in [-0.3, -0.25) is 4.90 Å². The fourth-order valence-electron chi connectivity index (χ4n) is 2.74. The van der Waals surface area contributed by atoms with E-state index in [1.807, 2.05) is 0 Å². The summed E-state index contributed by atoms with van der Waals surface area (Å²) in [4.78, 5) is 2.41. The lowest BCUT2D eigenvalue weighted by Crippen LogP contribution is -2.44. The molecule has 2 aliphatic rings. The quantitative estimate of drug-likeness (QED) is 0.828. The summed E-state index contributed by atoms with van der Waals surface area (Å²) in [5.74, 6) is 0.989. The standard InChI is InChI=1S/C16H21NO2/c1-2-17-9-10-18-14(11-17)12-19-16-8-4-6-13-5-3-7-15(13)16/h3-4,6-8,14H,2,5,9-12H2,1H3. The molecule has 1 saturated heterocycles. The van der Waals surface area contributed by atoms with Crippen molar-refractivity contribution in [1.82, 2.24) is 4.90 Å². The minimum absolute atomic E-state index is 0.190. The fraction of sp³-hybridized carbons (Fsp3) is 0.500. The molecular formula is C16H21NO2. The summed E-state index contributed by atoms with van der Waals surface area (Å²) in [6.45, 7) is 6.74. The Morgan fingerprint density at radius 2 is 2.37 bits per heavy atom. The minimum Gasteiger partial charge on any atom is -0.490 e. The van der Waals surface area contributed by atoms with Crippen LogP contribution in [0.25, 0.3) is 6.08 Å². The topological polar surface area (TPSA) is 21.7 Å². The Morgan fingerprint density at radius 1 is 1.42 bits per heavy atom. The monoisotopic (exact) mass is 259 g/mol. The molecule has 0 aromatic heterocycles. The van der Waals surface area contributed by atoms with Crippen LogP contribution in [0.1, 0.15) is 18.1 Å². The highest BCUT2D eigenvalue weighted by atomic mass is 16.5. The van der Waals surface area contributed by atoms with Crippen LogP contribution in [0.3, 0.4) is 0 Å². The molecule has 1 aliphatic carbocycles. The van der Waals surface area contributed by atoms with E-state index in [0.29, 0.717) is 6.61 Å². The van der Waals surface area contributed by atoms with Gasteiger partial charge in [-0.25, -0.2) is 0 Å². The molecule has 0 amide bonds. The summed E-state index contributed by atoms with van der Waals surface area (Å²) in [6.07, 6.45) is 5.56. The second-order valence-corrected chi connectivity index (χ2v) is 5.13. The number of allylic oxidation sites excluding steroid dienone is 1. The van der Waals surface area contributed by atoms with Crippen molar-refractivity contribution in [2.75, 3.05) is 32.8 Å². The highest BCUT2D eigenvalue weighted by Crippen LogP contribution is 2.29. The molecule has 102 valence electrons. The Hall–Kier alpha value is -1.32. The Balaban J connectivity index is 1.60. The SMILES string of the molecule is CCN1CCOC(COc2cccc3c2C=CC3)C1. The predicted octanol–water partition coefficient (Wildman–Crippen LogP) is 2.36. The molecule has 0 N–H and O–H groups in total. The third kappa shape index (κ3) is 2.82. The second kappa shape index (κ2) is 5.76. The largest absolute Gasteiger partial charge is 0.490 e. The van der Waals surface area contributed by atoms with Gasteiger partial charge in [-0.2, -0.15) is 0 Å². The highest BCUT2D eigenvalue weighted by Gasteiger charge is 2.20. The van der Waals surface area contributed by atoms with E-state index in [9.17, 15) is 0 Å². The van der Waals surface area contributed by atoms with E-state index >= 15 is 0 Å². The first-order chi connectivity index (χ1) is 9.36. The van der Waals surface area contributed by atoms with Gasteiger partial charge in [0.2, 0.25) is 0 Å². The molecule has 0 bridgehead atoms. The molecule has 1 atom stereocenters. The lowest BCUT2D eigenvalue weighted by Gasteiger charge is -2.32. The molecule has 3 nitrogen and oxygen atoms in total. The number of likely N-dealkylation sites (N-methyl/N-ethyl adjacent to an activating group) is 1. The van der Waals surface area contributed by atoms with Crippen molar-refractivity contribution in [2.24, 2.45) is 0 Å². The molecule has 3 heteroatoms. The average molecular weight is 259 g/mol. The molecule has 1 aliphatic heterocycles. The zero-order chi connectivity index (χ0) is 13.1. The zero-order valence-electron chi connectivity index (χ0n) is 11.5. The molecule has 0 saturated carbocycles. The smallest absolute Gasteiger partial charge is 0.126 e. The van der Waals surface area contributed by atoms with Gasteiger partial charge in [0.1, 0.15) is 18.5 Å². The summed E-state index contributed by atoms with van der Waals surface area (Å²) in [5, 5.41) is 0. The van der Waals surface area contributed by atoms with Gasteiger partial charge in [0, 0.05) is 18.7 Å². The first-order valence-electron chi connectivity index (χ1n) is 7.12. The summed E-state index contributed by atoms with van der Waals surface area (Å²) in [6, 6.07) is 6.29. The van der Waals surface area contributed by atoms with Crippen LogP contribution in [0, 0.1) is 0 Å².